The minimum Gasteiger partial charge on any atom is -0.296 e. The molecule has 1 aromatic rings. The third-order valence-electron chi connectivity index (χ3n) is 2.53. The Hall–Kier alpha value is -0.0100. The summed E-state index contributed by atoms with van der Waals surface area (Å²) in [4.78, 5) is 17.6. The molecule has 1 saturated heterocycles. The van der Waals surface area contributed by atoms with Crippen LogP contribution in [-0.4, -0.2) is 23.2 Å². The lowest BCUT2D eigenvalue weighted by atomic mass is 10.1. The summed E-state index contributed by atoms with van der Waals surface area (Å²) in [5.41, 5.74) is 0. The molecule has 1 fully saturated rings. The third-order valence-corrected chi connectivity index (χ3v) is 4.52. The first-order chi connectivity index (χ1) is 7.61. The second-order valence-corrected chi connectivity index (χ2v) is 5.58. The molecule has 1 aliphatic heterocycles. The van der Waals surface area contributed by atoms with Crippen LogP contribution in [-0.2, 0) is 4.79 Å². The molecule has 16 heavy (non-hydrogen) atoms. The number of rotatable bonds is 2. The fourth-order valence-electron chi connectivity index (χ4n) is 1.68. The highest BCUT2D eigenvalue weighted by Crippen LogP contribution is 2.26. The average Bonchev–Trinajstić information content (AvgIpc) is 2.64. The Morgan fingerprint density at radius 2 is 2.38 bits per heavy atom. The van der Waals surface area contributed by atoms with Gasteiger partial charge in [0, 0.05) is 13.0 Å². The molecule has 3 nitrogen and oxygen atoms in total. The Labute approximate surface area is 118 Å². The molecule has 0 aliphatic carbocycles. The molecule has 0 saturated carbocycles. The fourth-order valence-corrected chi connectivity index (χ4v) is 2.38. The molecule has 1 atom stereocenters. The molecule has 1 unspecified atom stereocenters. The molecule has 0 radical (unpaired) electrons. The van der Waals surface area contributed by atoms with Crippen molar-refractivity contribution in [2.24, 2.45) is 5.92 Å². The Morgan fingerprint density at radius 3 is 2.94 bits per heavy atom. The first kappa shape index (κ1) is 12.4. The van der Waals surface area contributed by atoms with Crippen LogP contribution in [0.15, 0.2) is 12.1 Å². The highest BCUT2D eigenvalue weighted by molar-refractivity contribution is 14.1. The van der Waals surface area contributed by atoms with Crippen molar-refractivity contribution in [3.63, 3.8) is 0 Å². The van der Waals surface area contributed by atoms with Crippen LogP contribution in [0.3, 0.4) is 0 Å². The highest BCUT2D eigenvalue weighted by atomic mass is 127. The molecule has 0 N–H and O–H groups in total. The van der Waals surface area contributed by atoms with E-state index in [1.54, 1.807) is 4.90 Å². The van der Waals surface area contributed by atoms with Gasteiger partial charge in [-0.2, -0.15) is 12.6 Å². The van der Waals surface area contributed by atoms with E-state index in [9.17, 15) is 4.79 Å². The van der Waals surface area contributed by atoms with Crippen LogP contribution in [0.25, 0.3) is 0 Å². The van der Waals surface area contributed by atoms with Crippen molar-refractivity contribution in [2.45, 2.75) is 6.42 Å². The molecule has 1 amide bonds. The van der Waals surface area contributed by atoms with E-state index < -0.39 is 0 Å². The number of amides is 1. The Balaban J connectivity index is 2.24. The molecule has 2 rings (SSSR count). The molecule has 0 bridgehead atoms. The van der Waals surface area contributed by atoms with Crippen LogP contribution in [0, 0.1) is 9.49 Å². The van der Waals surface area contributed by atoms with Crippen molar-refractivity contribution in [3.8, 4) is 0 Å². The van der Waals surface area contributed by atoms with Gasteiger partial charge >= 0.3 is 0 Å². The van der Waals surface area contributed by atoms with Gasteiger partial charge in [-0.3, -0.25) is 9.69 Å². The minimum atomic E-state index is 0.101. The molecule has 6 heteroatoms. The fraction of sp³-hybridized carbons (Fsp3) is 0.400. The Kier molecular flexibility index (Phi) is 3.97. The van der Waals surface area contributed by atoms with E-state index in [-0.39, 0.29) is 5.91 Å². The van der Waals surface area contributed by atoms with Crippen molar-refractivity contribution in [3.05, 3.63) is 20.9 Å². The van der Waals surface area contributed by atoms with Gasteiger partial charge in [0.1, 0.15) is 11.0 Å². The quantitative estimate of drug-likeness (QED) is 0.494. The Bertz CT molecular complexity index is 429. The lowest BCUT2D eigenvalue weighted by Crippen LogP contribution is -2.25. The van der Waals surface area contributed by atoms with Crippen molar-refractivity contribution >= 4 is 58.5 Å². The van der Waals surface area contributed by atoms with Crippen LogP contribution in [0.5, 0.6) is 0 Å². The minimum absolute atomic E-state index is 0.101. The van der Waals surface area contributed by atoms with Gasteiger partial charge in [-0.15, -0.1) is 0 Å². The zero-order valence-electron chi connectivity index (χ0n) is 8.36. The van der Waals surface area contributed by atoms with Crippen molar-refractivity contribution in [1.29, 1.82) is 0 Å². The van der Waals surface area contributed by atoms with E-state index in [0.29, 0.717) is 29.9 Å². The lowest BCUT2D eigenvalue weighted by Gasteiger charge is -2.15. The van der Waals surface area contributed by atoms with Gasteiger partial charge < -0.3 is 0 Å². The number of nitrogens with zero attached hydrogens (tertiary/aromatic N) is 2. The number of carbonyl (C=O) groups excluding carboxylic acids is 1. The van der Waals surface area contributed by atoms with Crippen LogP contribution in [0.2, 0.25) is 5.15 Å². The number of thiol groups is 1. The summed E-state index contributed by atoms with van der Waals surface area (Å²) >= 11 is 12.3. The van der Waals surface area contributed by atoms with E-state index in [1.165, 1.54) is 0 Å². The monoisotopic (exact) mass is 368 g/mol. The van der Waals surface area contributed by atoms with Gasteiger partial charge in [0.15, 0.2) is 0 Å². The predicted molar refractivity (Wildman–Crippen MR) is 76.3 cm³/mol. The lowest BCUT2D eigenvalue weighted by molar-refractivity contribution is -0.117. The highest BCUT2D eigenvalue weighted by Gasteiger charge is 2.30. The summed E-state index contributed by atoms with van der Waals surface area (Å²) in [6.07, 6.45) is 0.550. The number of pyridine rings is 1. The summed E-state index contributed by atoms with van der Waals surface area (Å²) < 4.78 is 0.889. The van der Waals surface area contributed by atoms with Gasteiger partial charge in [-0.25, -0.2) is 4.98 Å². The molecule has 0 spiro atoms. The normalized spacial score (nSPS) is 20.6. The van der Waals surface area contributed by atoms with Gasteiger partial charge in [0.2, 0.25) is 5.91 Å². The molecule has 1 aromatic heterocycles. The maximum absolute atomic E-state index is 11.7. The van der Waals surface area contributed by atoms with Crippen LogP contribution in [0.1, 0.15) is 6.42 Å². The number of hydrogen-bond acceptors (Lipinski definition) is 3. The van der Waals surface area contributed by atoms with Gasteiger partial charge in [-0.1, -0.05) is 11.6 Å². The maximum atomic E-state index is 11.7. The molecule has 2 heterocycles. The zero-order valence-corrected chi connectivity index (χ0v) is 12.2. The van der Waals surface area contributed by atoms with E-state index in [0.717, 1.165) is 9.32 Å². The van der Waals surface area contributed by atoms with Crippen LogP contribution >= 0.6 is 46.8 Å². The zero-order chi connectivity index (χ0) is 11.7. The number of anilines is 1. The van der Waals surface area contributed by atoms with Crippen molar-refractivity contribution < 1.29 is 4.79 Å². The first-order valence-electron chi connectivity index (χ1n) is 4.85. The van der Waals surface area contributed by atoms with E-state index in [4.69, 9.17) is 11.6 Å². The summed E-state index contributed by atoms with van der Waals surface area (Å²) in [6, 6.07) is 3.69. The average molecular weight is 369 g/mol. The summed E-state index contributed by atoms with van der Waals surface area (Å²) in [5, 5.41) is 0.445. The summed E-state index contributed by atoms with van der Waals surface area (Å²) in [7, 11) is 0. The molecule has 86 valence electrons. The number of halogens is 2. The van der Waals surface area contributed by atoms with Crippen molar-refractivity contribution in [1.82, 2.24) is 4.98 Å². The predicted octanol–water partition coefficient (Wildman–Crippen LogP) is 2.62. The summed E-state index contributed by atoms with van der Waals surface area (Å²) in [6.45, 7) is 0.687. The Morgan fingerprint density at radius 1 is 1.62 bits per heavy atom. The third kappa shape index (κ3) is 2.46. The largest absolute Gasteiger partial charge is 0.296 e. The molecule has 1 aliphatic rings. The molecular formula is C10H10ClIN2OS. The SMILES string of the molecule is O=C1CC(CS)CN1c1ccc(I)c(Cl)n1. The molecule has 0 aromatic carbocycles. The topological polar surface area (TPSA) is 33.2 Å². The van der Waals surface area contributed by atoms with E-state index in [1.807, 2.05) is 12.1 Å². The second-order valence-electron chi connectivity index (χ2n) is 3.70. The van der Waals surface area contributed by atoms with E-state index in [2.05, 4.69) is 40.2 Å². The summed E-state index contributed by atoms with van der Waals surface area (Å²) in [5.74, 6) is 1.78. The van der Waals surface area contributed by atoms with Crippen LogP contribution < -0.4 is 4.90 Å². The van der Waals surface area contributed by atoms with Gasteiger partial charge in [0.25, 0.3) is 0 Å². The smallest absolute Gasteiger partial charge is 0.228 e. The standard InChI is InChI=1S/C10H10ClIN2OS/c11-10-7(12)1-2-8(13-10)14-4-6(5-16)3-9(14)15/h1-2,6,16H,3-5H2. The number of hydrogen-bond donors (Lipinski definition) is 1. The van der Waals surface area contributed by atoms with Gasteiger partial charge in [0.05, 0.1) is 3.57 Å². The van der Waals surface area contributed by atoms with Gasteiger partial charge in [-0.05, 0) is 46.4 Å². The first-order valence-corrected chi connectivity index (χ1v) is 6.94. The second kappa shape index (κ2) is 5.10. The van der Waals surface area contributed by atoms with Crippen molar-refractivity contribution in [2.75, 3.05) is 17.2 Å². The number of aromatic nitrogens is 1. The van der Waals surface area contributed by atoms with Crippen LogP contribution in [0.4, 0.5) is 5.82 Å². The van der Waals surface area contributed by atoms with E-state index >= 15 is 0 Å². The molecular weight excluding hydrogens is 359 g/mol. The maximum Gasteiger partial charge on any atom is 0.228 e. The number of carbonyl (C=O) groups is 1.